The van der Waals surface area contributed by atoms with Gasteiger partial charge >= 0.3 is 0 Å². The molecule has 3 rings (SSSR count). The van der Waals surface area contributed by atoms with Gasteiger partial charge in [-0.1, -0.05) is 30.0 Å². The molecular weight excluding hydrogens is 220 g/mol. The van der Waals surface area contributed by atoms with Crippen molar-refractivity contribution in [3.05, 3.63) is 24.3 Å². The van der Waals surface area contributed by atoms with Crippen LogP contribution in [0.3, 0.4) is 0 Å². The van der Waals surface area contributed by atoms with Gasteiger partial charge in [0.25, 0.3) is 0 Å². The maximum Gasteiger partial charge on any atom is 0.210 e. The molecule has 0 aliphatic carbocycles. The van der Waals surface area contributed by atoms with Gasteiger partial charge in [-0.25, -0.2) is 4.98 Å². The van der Waals surface area contributed by atoms with Crippen LogP contribution in [0.4, 0.5) is 0 Å². The minimum atomic E-state index is 0.707. The summed E-state index contributed by atoms with van der Waals surface area (Å²) in [5.41, 5.74) is 2.90. The monoisotopic (exact) mass is 230 g/mol. The summed E-state index contributed by atoms with van der Waals surface area (Å²) in [5.74, 6) is 0. The summed E-state index contributed by atoms with van der Waals surface area (Å²) in [6.45, 7) is 0. The third-order valence-corrected chi connectivity index (χ3v) is 3.21. The molecule has 0 bridgehead atoms. The maximum absolute atomic E-state index is 4.48. The van der Waals surface area contributed by atoms with Crippen molar-refractivity contribution in [2.24, 2.45) is 7.05 Å². The van der Waals surface area contributed by atoms with Gasteiger partial charge in [0.2, 0.25) is 5.16 Å². The largest absolute Gasteiger partial charge is 0.327 e. The number of rotatable bonds is 1. The molecule has 2 aromatic heterocycles. The Morgan fingerprint density at radius 1 is 1.19 bits per heavy atom. The van der Waals surface area contributed by atoms with Crippen LogP contribution in [-0.4, -0.2) is 26.0 Å². The molecule has 5 heteroatoms. The standard InChI is InChI=1S/C11H10N4S/c1-15-8-6-4-3-5-7(8)9-10(15)12-11(16-2)14-13-9/h3-6H,1-2H3. The second kappa shape index (κ2) is 3.45. The Balaban J connectivity index is 2.51. The average molecular weight is 230 g/mol. The van der Waals surface area contributed by atoms with Crippen LogP contribution in [0.25, 0.3) is 22.1 Å². The summed E-state index contributed by atoms with van der Waals surface area (Å²) in [6.07, 6.45) is 1.95. The zero-order valence-electron chi connectivity index (χ0n) is 9.01. The van der Waals surface area contributed by atoms with Crippen molar-refractivity contribution < 1.29 is 0 Å². The Bertz CT molecular complexity index is 674. The molecule has 1 aromatic carbocycles. The Morgan fingerprint density at radius 2 is 2.00 bits per heavy atom. The van der Waals surface area contributed by atoms with Gasteiger partial charge in [-0.3, -0.25) is 0 Å². The van der Waals surface area contributed by atoms with Gasteiger partial charge in [-0.15, -0.1) is 10.2 Å². The molecule has 80 valence electrons. The van der Waals surface area contributed by atoms with E-state index in [9.17, 15) is 0 Å². The second-order valence-corrected chi connectivity index (χ2v) is 4.32. The quantitative estimate of drug-likeness (QED) is 0.601. The van der Waals surface area contributed by atoms with E-state index in [-0.39, 0.29) is 0 Å². The average Bonchev–Trinajstić information content (AvgIpc) is 2.64. The van der Waals surface area contributed by atoms with Gasteiger partial charge in [0.05, 0.1) is 5.52 Å². The number of nitrogens with zero attached hydrogens (tertiary/aromatic N) is 4. The summed E-state index contributed by atoms with van der Waals surface area (Å²) in [7, 11) is 2.00. The highest BCUT2D eigenvalue weighted by Crippen LogP contribution is 2.25. The molecule has 0 atom stereocenters. The van der Waals surface area contributed by atoms with Gasteiger partial charge in [0.1, 0.15) is 5.52 Å². The van der Waals surface area contributed by atoms with Gasteiger partial charge in [-0.2, -0.15) is 0 Å². The highest BCUT2D eigenvalue weighted by molar-refractivity contribution is 7.98. The first kappa shape index (κ1) is 9.59. The van der Waals surface area contributed by atoms with Crippen LogP contribution in [0.1, 0.15) is 0 Å². The molecule has 0 N–H and O–H groups in total. The lowest BCUT2D eigenvalue weighted by atomic mass is 10.2. The van der Waals surface area contributed by atoms with Crippen molar-refractivity contribution in [3.8, 4) is 0 Å². The third kappa shape index (κ3) is 1.21. The molecule has 0 saturated heterocycles. The van der Waals surface area contributed by atoms with Crippen molar-refractivity contribution in [2.45, 2.75) is 5.16 Å². The number of fused-ring (bicyclic) bond motifs is 3. The van der Waals surface area contributed by atoms with Crippen molar-refractivity contribution in [1.29, 1.82) is 0 Å². The number of hydrogen-bond acceptors (Lipinski definition) is 4. The molecule has 4 nitrogen and oxygen atoms in total. The topological polar surface area (TPSA) is 43.6 Å². The number of benzene rings is 1. The molecule has 0 radical (unpaired) electrons. The first-order chi connectivity index (χ1) is 7.81. The van der Waals surface area contributed by atoms with Crippen LogP contribution in [0, 0.1) is 0 Å². The normalized spacial score (nSPS) is 11.4. The SMILES string of the molecule is CSc1nnc2c3ccccc3n(C)c2n1. The zero-order valence-corrected chi connectivity index (χ0v) is 9.82. The first-order valence-electron chi connectivity index (χ1n) is 4.93. The fraction of sp³-hybridized carbons (Fsp3) is 0.182. The predicted octanol–water partition coefficient (Wildman–Crippen LogP) is 2.24. The van der Waals surface area contributed by atoms with Crippen LogP contribution in [0.2, 0.25) is 0 Å². The molecule has 3 aromatic rings. The molecule has 16 heavy (non-hydrogen) atoms. The lowest BCUT2D eigenvalue weighted by Gasteiger charge is -1.96. The molecule has 0 amide bonds. The zero-order chi connectivity index (χ0) is 11.1. The molecule has 0 fully saturated rings. The van der Waals surface area contributed by atoms with Gasteiger partial charge in [0.15, 0.2) is 5.65 Å². The summed E-state index contributed by atoms with van der Waals surface area (Å²) in [4.78, 5) is 4.48. The minimum absolute atomic E-state index is 0.707. The van der Waals surface area contributed by atoms with Crippen LogP contribution in [0.5, 0.6) is 0 Å². The van der Waals surface area contributed by atoms with Gasteiger partial charge < -0.3 is 4.57 Å². The van der Waals surface area contributed by atoms with Gasteiger partial charge in [-0.05, 0) is 12.3 Å². The van der Waals surface area contributed by atoms with E-state index in [1.165, 1.54) is 11.8 Å². The third-order valence-electron chi connectivity index (χ3n) is 2.67. The van der Waals surface area contributed by atoms with E-state index in [4.69, 9.17) is 0 Å². The Labute approximate surface area is 96.7 Å². The molecular formula is C11H10N4S. The maximum atomic E-state index is 4.48. The number of thioether (sulfide) groups is 1. The summed E-state index contributed by atoms with van der Waals surface area (Å²) in [6, 6.07) is 8.14. The minimum Gasteiger partial charge on any atom is -0.327 e. The number of hydrogen-bond donors (Lipinski definition) is 0. The van der Waals surface area contributed by atoms with E-state index in [2.05, 4.69) is 25.8 Å². The Kier molecular flexibility index (Phi) is 2.07. The molecule has 0 spiro atoms. The Hall–Kier alpha value is -1.62. The molecule has 0 aliphatic rings. The predicted molar refractivity (Wildman–Crippen MR) is 65.6 cm³/mol. The van der Waals surface area contributed by atoms with E-state index in [1.54, 1.807) is 0 Å². The summed E-state index contributed by atoms with van der Waals surface area (Å²) >= 11 is 1.50. The van der Waals surface area contributed by atoms with Gasteiger partial charge in [0, 0.05) is 12.4 Å². The summed E-state index contributed by atoms with van der Waals surface area (Å²) < 4.78 is 2.05. The fourth-order valence-corrected chi connectivity index (χ4v) is 2.18. The first-order valence-corrected chi connectivity index (χ1v) is 6.15. The van der Waals surface area contributed by atoms with E-state index < -0.39 is 0 Å². The van der Waals surface area contributed by atoms with E-state index in [0.29, 0.717) is 5.16 Å². The van der Waals surface area contributed by atoms with Crippen molar-refractivity contribution >= 4 is 33.8 Å². The van der Waals surface area contributed by atoms with Crippen molar-refractivity contribution in [3.63, 3.8) is 0 Å². The summed E-state index contributed by atoms with van der Waals surface area (Å²) in [5, 5.41) is 10.1. The lowest BCUT2D eigenvalue weighted by molar-refractivity contribution is 0.857. The highest BCUT2D eigenvalue weighted by Gasteiger charge is 2.11. The fourth-order valence-electron chi connectivity index (χ4n) is 1.88. The highest BCUT2D eigenvalue weighted by atomic mass is 32.2. The molecule has 2 heterocycles. The number of aromatic nitrogens is 4. The van der Waals surface area contributed by atoms with Crippen molar-refractivity contribution in [1.82, 2.24) is 19.7 Å². The van der Waals surface area contributed by atoms with E-state index in [1.807, 2.05) is 31.5 Å². The molecule has 0 aliphatic heterocycles. The van der Waals surface area contributed by atoms with E-state index in [0.717, 1.165) is 22.1 Å². The second-order valence-electron chi connectivity index (χ2n) is 3.55. The van der Waals surface area contributed by atoms with Crippen LogP contribution >= 0.6 is 11.8 Å². The van der Waals surface area contributed by atoms with Crippen LogP contribution in [-0.2, 0) is 7.05 Å². The van der Waals surface area contributed by atoms with Crippen LogP contribution < -0.4 is 0 Å². The smallest absolute Gasteiger partial charge is 0.210 e. The number of para-hydroxylation sites is 1. The van der Waals surface area contributed by atoms with Crippen LogP contribution in [0.15, 0.2) is 29.4 Å². The molecule has 0 saturated carbocycles. The van der Waals surface area contributed by atoms with Crippen molar-refractivity contribution in [2.75, 3.05) is 6.26 Å². The lowest BCUT2D eigenvalue weighted by Crippen LogP contribution is -1.94. The van der Waals surface area contributed by atoms with E-state index >= 15 is 0 Å². The molecule has 0 unspecified atom stereocenters. The Morgan fingerprint density at radius 3 is 2.81 bits per heavy atom. The number of aryl methyl sites for hydroxylation is 1.